The largest absolute Gasteiger partial charge is 0.345 e. The van der Waals surface area contributed by atoms with Crippen LogP contribution in [-0.2, 0) is 9.59 Å². The first-order valence-corrected chi connectivity index (χ1v) is 8.62. The van der Waals surface area contributed by atoms with Crippen molar-refractivity contribution in [1.29, 1.82) is 0 Å². The summed E-state index contributed by atoms with van der Waals surface area (Å²) in [5.41, 5.74) is 1.01. The van der Waals surface area contributed by atoms with Crippen LogP contribution in [-0.4, -0.2) is 71.7 Å². The van der Waals surface area contributed by atoms with Crippen LogP contribution in [0.2, 0.25) is 0 Å². The summed E-state index contributed by atoms with van der Waals surface area (Å²) in [6, 6.07) is 5.66. The molecule has 2 heterocycles. The summed E-state index contributed by atoms with van der Waals surface area (Å²) in [7, 11) is 3.32. The summed E-state index contributed by atoms with van der Waals surface area (Å²) < 4.78 is 0. The number of piperidine rings is 1. The van der Waals surface area contributed by atoms with E-state index >= 15 is 0 Å². The van der Waals surface area contributed by atoms with Gasteiger partial charge in [-0.1, -0.05) is 0 Å². The highest BCUT2D eigenvalue weighted by Crippen LogP contribution is 2.26. The second kappa shape index (κ2) is 7.15. The first-order chi connectivity index (χ1) is 12.4. The number of hydrogen-bond donors (Lipinski definition) is 1. The van der Waals surface area contributed by atoms with Gasteiger partial charge in [0, 0.05) is 31.9 Å². The lowest BCUT2D eigenvalue weighted by Gasteiger charge is -2.26. The van der Waals surface area contributed by atoms with Crippen molar-refractivity contribution in [3.63, 3.8) is 0 Å². The maximum absolute atomic E-state index is 12.4. The lowest BCUT2D eigenvalue weighted by atomic mass is 10.0. The van der Waals surface area contributed by atoms with Gasteiger partial charge in [-0.3, -0.25) is 19.3 Å². The molecule has 138 valence electrons. The number of amides is 5. The van der Waals surface area contributed by atoms with Crippen molar-refractivity contribution in [3.05, 3.63) is 29.8 Å². The first kappa shape index (κ1) is 17.9. The molecule has 1 unspecified atom stereocenters. The fourth-order valence-corrected chi connectivity index (χ4v) is 3.29. The van der Waals surface area contributed by atoms with E-state index in [1.165, 1.54) is 4.90 Å². The van der Waals surface area contributed by atoms with Crippen molar-refractivity contribution in [2.24, 2.45) is 0 Å². The average Bonchev–Trinajstić information content (AvgIpc) is 2.87. The highest BCUT2D eigenvalue weighted by Gasteiger charge is 2.46. The fourth-order valence-electron chi connectivity index (χ4n) is 3.29. The number of nitrogens with one attached hydrogen (secondary N) is 1. The standard InChI is InChI=1S/C18H22N4O4/c1-20(2)16(24)12-6-8-13(9-7-12)19-15(23)11-22-17(25)14-5-3-4-10-21(14)18(22)26/h6-9,14H,3-5,10-11H2,1-2H3,(H,19,23). The minimum absolute atomic E-state index is 0.132. The van der Waals surface area contributed by atoms with Crippen LogP contribution in [0.1, 0.15) is 29.6 Å². The Bertz CT molecular complexity index is 720. The van der Waals surface area contributed by atoms with Crippen molar-refractivity contribution in [2.75, 3.05) is 32.5 Å². The second-order valence-electron chi connectivity index (χ2n) is 6.74. The summed E-state index contributed by atoms with van der Waals surface area (Å²) in [6.45, 7) is 0.262. The minimum atomic E-state index is -0.446. The van der Waals surface area contributed by atoms with Crippen molar-refractivity contribution < 1.29 is 19.2 Å². The van der Waals surface area contributed by atoms with E-state index in [4.69, 9.17) is 0 Å². The summed E-state index contributed by atoms with van der Waals surface area (Å²) in [6.07, 6.45) is 2.45. The van der Waals surface area contributed by atoms with Crippen LogP contribution in [0.25, 0.3) is 0 Å². The third-order valence-corrected chi connectivity index (χ3v) is 4.65. The fraction of sp³-hybridized carbons (Fsp3) is 0.444. The Kier molecular flexibility index (Phi) is 4.92. The molecular weight excluding hydrogens is 336 g/mol. The van der Waals surface area contributed by atoms with Gasteiger partial charge in [0.1, 0.15) is 12.6 Å². The van der Waals surface area contributed by atoms with E-state index in [1.54, 1.807) is 43.3 Å². The predicted octanol–water partition coefficient (Wildman–Crippen LogP) is 1.14. The minimum Gasteiger partial charge on any atom is -0.345 e. The second-order valence-corrected chi connectivity index (χ2v) is 6.74. The zero-order valence-electron chi connectivity index (χ0n) is 14.9. The lowest BCUT2D eigenvalue weighted by Crippen LogP contribution is -2.39. The van der Waals surface area contributed by atoms with Crippen LogP contribution in [0.15, 0.2) is 24.3 Å². The Balaban J connectivity index is 1.61. The Morgan fingerprint density at radius 3 is 2.46 bits per heavy atom. The van der Waals surface area contributed by atoms with Crippen LogP contribution in [0.4, 0.5) is 10.5 Å². The molecule has 3 rings (SSSR count). The van der Waals surface area contributed by atoms with Crippen LogP contribution < -0.4 is 5.32 Å². The topological polar surface area (TPSA) is 90.0 Å². The monoisotopic (exact) mass is 358 g/mol. The molecule has 0 saturated carbocycles. The third kappa shape index (κ3) is 3.40. The number of hydrogen-bond acceptors (Lipinski definition) is 4. The molecule has 1 atom stereocenters. The van der Waals surface area contributed by atoms with Gasteiger partial charge in [0.05, 0.1) is 0 Å². The van der Waals surface area contributed by atoms with E-state index in [0.717, 1.165) is 17.7 Å². The summed E-state index contributed by atoms with van der Waals surface area (Å²) in [5, 5.41) is 2.66. The molecule has 0 aliphatic carbocycles. The zero-order valence-corrected chi connectivity index (χ0v) is 14.9. The van der Waals surface area contributed by atoms with E-state index in [2.05, 4.69) is 5.32 Å². The quantitative estimate of drug-likeness (QED) is 0.818. The van der Waals surface area contributed by atoms with Crippen molar-refractivity contribution in [2.45, 2.75) is 25.3 Å². The van der Waals surface area contributed by atoms with Gasteiger partial charge in [0.2, 0.25) is 5.91 Å². The Morgan fingerprint density at radius 2 is 1.85 bits per heavy atom. The van der Waals surface area contributed by atoms with Gasteiger partial charge < -0.3 is 15.1 Å². The van der Waals surface area contributed by atoms with E-state index in [9.17, 15) is 19.2 Å². The van der Waals surface area contributed by atoms with Gasteiger partial charge in [0.25, 0.3) is 11.8 Å². The molecule has 0 aromatic heterocycles. The van der Waals surface area contributed by atoms with E-state index < -0.39 is 11.9 Å². The summed E-state index contributed by atoms with van der Waals surface area (Å²) in [5.74, 6) is -0.872. The van der Waals surface area contributed by atoms with Crippen LogP contribution in [0, 0.1) is 0 Å². The Morgan fingerprint density at radius 1 is 1.15 bits per heavy atom. The molecule has 26 heavy (non-hydrogen) atoms. The molecular formula is C18H22N4O4. The van der Waals surface area contributed by atoms with Gasteiger partial charge in [-0.2, -0.15) is 0 Å². The van der Waals surface area contributed by atoms with E-state index in [-0.39, 0.29) is 24.4 Å². The number of benzene rings is 1. The maximum Gasteiger partial charge on any atom is 0.327 e. The maximum atomic E-state index is 12.4. The molecule has 1 aromatic rings. The average molecular weight is 358 g/mol. The molecule has 5 amide bonds. The molecule has 8 nitrogen and oxygen atoms in total. The third-order valence-electron chi connectivity index (χ3n) is 4.65. The van der Waals surface area contributed by atoms with Crippen molar-refractivity contribution in [1.82, 2.24) is 14.7 Å². The van der Waals surface area contributed by atoms with Gasteiger partial charge in [-0.05, 0) is 43.5 Å². The van der Waals surface area contributed by atoms with Crippen molar-refractivity contribution >= 4 is 29.4 Å². The molecule has 1 aromatic carbocycles. The predicted molar refractivity (Wildman–Crippen MR) is 94.5 cm³/mol. The molecule has 2 saturated heterocycles. The molecule has 2 aliphatic heterocycles. The molecule has 1 N–H and O–H groups in total. The number of imide groups is 1. The number of urea groups is 1. The van der Waals surface area contributed by atoms with Crippen LogP contribution >= 0.6 is 0 Å². The normalized spacial score (nSPS) is 19.4. The smallest absolute Gasteiger partial charge is 0.327 e. The van der Waals surface area contributed by atoms with Gasteiger partial charge in [0.15, 0.2) is 0 Å². The Hall–Kier alpha value is -2.90. The highest BCUT2D eigenvalue weighted by molar-refractivity contribution is 6.08. The van der Waals surface area contributed by atoms with Gasteiger partial charge in [-0.15, -0.1) is 0 Å². The zero-order chi connectivity index (χ0) is 18.8. The number of carbonyl (C=O) groups is 4. The van der Waals surface area contributed by atoms with Gasteiger partial charge >= 0.3 is 6.03 Å². The first-order valence-electron chi connectivity index (χ1n) is 8.62. The number of nitrogens with zero attached hydrogens (tertiary/aromatic N) is 3. The number of carbonyl (C=O) groups excluding carboxylic acids is 4. The van der Waals surface area contributed by atoms with Crippen molar-refractivity contribution in [3.8, 4) is 0 Å². The number of anilines is 1. The molecule has 0 radical (unpaired) electrons. The molecule has 8 heteroatoms. The molecule has 0 spiro atoms. The van der Waals surface area contributed by atoms with E-state index in [0.29, 0.717) is 24.2 Å². The summed E-state index contributed by atoms with van der Waals surface area (Å²) in [4.78, 5) is 52.8. The molecule has 0 bridgehead atoms. The molecule has 2 fully saturated rings. The highest BCUT2D eigenvalue weighted by atomic mass is 16.2. The number of fused-ring (bicyclic) bond motifs is 1. The lowest BCUT2D eigenvalue weighted by molar-refractivity contribution is -0.131. The summed E-state index contributed by atoms with van der Waals surface area (Å²) >= 11 is 0. The van der Waals surface area contributed by atoms with Gasteiger partial charge in [-0.25, -0.2) is 4.79 Å². The number of rotatable bonds is 4. The van der Waals surface area contributed by atoms with E-state index in [1.807, 2.05) is 0 Å². The Labute approximate surface area is 151 Å². The van der Waals surface area contributed by atoms with Crippen LogP contribution in [0.3, 0.4) is 0 Å². The molecule has 2 aliphatic rings. The van der Waals surface area contributed by atoms with Crippen LogP contribution in [0.5, 0.6) is 0 Å². The SMILES string of the molecule is CN(C)C(=O)c1ccc(NC(=O)CN2C(=O)C3CCCCN3C2=O)cc1.